The average molecular weight is 304 g/mol. The van der Waals surface area contributed by atoms with Gasteiger partial charge in [-0.3, -0.25) is 9.29 Å². The molecule has 0 fully saturated rings. The fourth-order valence-corrected chi connectivity index (χ4v) is 3.87. The molecule has 6 heteroatoms. The molecule has 0 spiro atoms. The summed E-state index contributed by atoms with van der Waals surface area (Å²) in [4.78, 5) is 4.09. The Morgan fingerprint density at radius 1 is 1.33 bits per heavy atom. The van der Waals surface area contributed by atoms with E-state index in [1.807, 2.05) is 32.0 Å². The summed E-state index contributed by atoms with van der Waals surface area (Å²) in [5.41, 5.74) is 1.57. The first kappa shape index (κ1) is 13.9. The summed E-state index contributed by atoms with van der Waals surface area (Å²) < 4.78 is 32.8. The second-order valence-corrected chi connectivity index (χ2v) is 6.99. The first-order chi connectivity index (χ1) is 9.98. The van der Waals surface area contributed by atoms with Gasteiger partial charge in [0.25, 0.3) is 10.0 Å². The molecule has 0 radical (unpaired) electrons. The van der Waals surface area contributed by atoms with Gasteiger partial charge in [0, 0.05) is 12.4 Å². The van der Waals surface area contributed by atoms with Crippen LogP contribution in [0.15, 0.2) is 47.6 Å². The largest absolute Gasteiger partial charge is 0.487 e. The van der Waals surface area contributed by atoms with Crippen molar-refractivity contribution < 1.29 is 13.2 Å². The molecule has 5 nitrogen and oxygen atoms in total. The first-order valence-corrected chi connectivity index (χ1v) is 8.12. The minimum absolute atomic E-state index is 0.187. The fraction of sp³-hybridized carbons (Fsp3) is 0.267. The van der Waals surface area contributed by atoms with Crippen molar-refractivity contribution in [3.63, 3.8) is 0 Å². The van der Waals surface area contributed by atoms with Gasteiger partial charge in [0.2, 0.25) is 0 Å². The quantitative estimate of drug-likeness (QED) is 0.854. The van der Waals surface area contributed by atoms with E-state index in [0.717, 1.165) is 5.56 Å². The van der Waals surface area contributed by atoms with E-state index in [2.05, 4.69) is 4.98 Å². The van der Waals surface area contributed by atoms with Gasteiger partial charge in [0.05, 0.1) is 12.2 Å². The molecular formula is C15H16N2O3S. The zero-order valence-electron chi connectivity index (χ0n) is 11.9. The summed E-state index contributed by atoms with van der Waals surface area (Å²) in [6.45, 7) is 4.06. The van der Waals surface area contributed by atoms with E-state index in [4.69, 9.17) is 4.74 Å². The van der Waals surface area contributed by atoms with Crippen LogP contribution in [0.4, 0.5) is 5.69 Å². The van der Waals surface area contributed by atoms with Crippen molar-refractivity contribution in [1.29, 1.82) is 0 Å². The maximum absolute atomic E-state index is 12.8. The Labute approximate surface area is 124 Å². The highest BCUT2D eigenvalue weighted by Gasteiger charge is 2.33. The summed E-state index contributed by atoms with van der Waals surface area (Å²) in [6.07, 6.45) is 2.72. The zero-order chi connectivity index (χ0) is 15.0. The Kier molecular flexibility index (Phi) is 3.33. The van der Waals surface area contributed by atoms with Gasteiger partial charge < -0.3 is 4.74 Å². The van der Waals surface area contributed by atoms with Gasteiger partial charge in [-0.25, -0.2) is 8.42 Å². The van der Waals surface area contributed by atoms with Gasteiger partial charge in [0.15, 0.2) is 0 Å². The van der Waals surface area contributed by atoms with Gasteiger partial charge in [-0.1, -0.05) is 6.07 Å². The van der Waals surface area contributed by atoms with E-state index in [1.165, 1.54) is 10.5 Å². The Morgan fingerprint density at radius 3 is 2.86 bits per heavy atom. The van der Waals surface area contributed by atoms with Crippen molar-refractivity contribution in [2.45, 2.75) is 24.8 Å². The minimum Gasteiger partial charge on any atom is -0.487 e. The third-order valence-electron chi connectivity index (χ3n) is 3.36. The lowest BCUT2D eigenvalue weighted by atomic mass is 10.2. The zero-order valence-corrected chi connectivity index (χ0v) is 12.7. The van der Waals surface area contributed by atoms with Crippen molar-refractivity contribution in [1.82, 2.24) is 4.98 Å². The molecule has 0 saturated carbocycles. The molecule has 1 aliphatic heterocycles. The van der Waals surface area contributed by atoms with E-state index in [1.54, 1.807) is 18.3 Å². The highest BCUT2D eigenvalue weighted by molar-refractivity contribution is 7.92. The van der Waals surface area contributed by atoms with Crippen LogP contribution in [0, 0.1) is 6.92 Å². The number of hydrogen-bond donors (Lipinski definition) is 0. The van der Waals surface area contributed by atoms with Crippen LogP contribution in [0.1, 0.15) is 12.5 Å². The molecule has 21 heavy (non-hydrogen) atoms. The summed E-state index contributed by atoms with van der Waals surface area (Å²) in [5.74, 6) is 0.590. The molecule has 0 N–H and O–H groups in total. The number of aryl methyl sites for hydroxylation is 1. The number of fused-ring (bicyclic) bond motifs is 1. The number of rotatable bonds is 2. The molecule has 0 amide bonds. The molecule has 3 rings (SSSR count). The Morgan fingerprint density at radius 2 is 2.14 bits per heavy atom. The molecule has 1 atom stereocenters. The number of benzene rings is 1. The molecule has 1 unspecified atom stereocenters. The van der Waals surface area contributed by atoms with Crippen LogP contribution in [-0.4, -0.2) is 26.1 Å². The molecule has 1 aromatic carbocycles. The van der Waals surface area contributed by atoms with Crippen molar-refractivity contribution in [2.75, 3.05) is 10.8 Å². The van der Waals surface area contributed by atoms with Crippen LogP contribution in [0.5, 0.6) is 5.75 Å². The third-order valence-corrected chi connectivity index (χ3v) is 5.12. The van der Waals surface area contributed by atoms with Gasteiger partial charge in [0.1, 0.15) is 16.7 Å². The van der Waals surface area contributed by atoms with E-state index >= 15 is 0 Å². The third kappa shape index (κ3) is 2.47. The normalized spacial score (nSPS) is 18.0. The predicted octanol–water partition coefficient (Wildman–Crippen LogP) is 2.37. The topological polar surface area (TPSA) is 59.5 Å². The van der Waals surface area contributed by atoms with Crippen LogP contribution < -0.4 is 9.04 Å². The molecule has 0 aliphatic carbocycles. The summed E-state index contributed by atoms with van der Waals surface area (Å²) in [5, 5.41) is 0. The molecule has 0 bridgehead atoms. The lowest BCUT2D eigenvalue weighted by molar-refractivity contribution is 0.219. The second-order valence-electron chi connectivity index (χ2n) is 5.12. The predicted molar refractivity (Wildman–Crippen MR) is 80.0 cm³/mol. The van der Waals surface area contributed by atoms with Gasteiger partial charge in [-0.2, -0.15) is 0 Å². The van der Waals surface area contributed by atoms with E-state index in [-0.39, 0.29) is 17.5 Å². The molecule has 2 aromatic rings. The lowest BCUT2D eigenvalue weighted by Gasteiger charge is -2.34. The number of ether oxygens (including phenoxy) is 1. The van der Waals surface area contributed by atoms with Crippen molar-refractivity contribution in [3.8, 4) is 5.75 Å². The first-order valence-electron chi connectivity index (χ1n) is 6.68. The van der Waals surface area contributed by atoms with E-state index in [0.29, 0.717) is 11.4 Å². The number of pyridine rings is 1. The monoisotopic (exact) mass is 304 g/mol. The number of aromatic nitrogens is 1. The average Bonchev–Trinajstić information content (AvgIpc) is 2.48. The highest BCUT2D eigenvalue weighted by atomic mass is 32.2. The summed E-state index contributed by atoms with van der Waals surface area (Å²) >= 11 is 0. The van der Waals surface area contributed by atoms with Crippen LogP contribution in [0.2, 0.25) is 0 Å². The molecule has 0 saturated heterocycles. The summed E-state index contributed by atoms with van der Waals surface area (Å²) in [7, 11) is -3.63. The SMILES string of the molecule is Cc1ccc2c(c1)N(S(=O)(=O)c1cccnc1)CC(C)O2. The second kappa shape index (κ2) is 5.04. The number of hydrogen-bond acceptors (Lipinski definition) is 4. The minimum atomic E-state index is -3.63. The van der Waals surface area contributed by atoms with E-state index < -0.39 is 10.0 Å². The maximum Gasteiger partial charge on any atom is 0.266 e. The van der Waals surface area contributed by atoms with E-state index in [9.17, 15) is 8.42 Å². The van der Waals surface area contributed by atoms with Gasteiger partial charge >= 0.3 is 0 Å². The summed E-state index contributed by atoms with van der Waals surface area (Å²) in [6, 6.07) is 8.72. The number of anilines is 1. The van der Waals surface area contributed by atoms with Crippen LogP contribution in [0.3, 0.4) is 0 Å². The van der Waals surface area contributed by atoms with Gasteiger partial charge in [-0.05, 0) is 43.7 Å². The van der Waals surface area contributed by atoms with Crippen molar-refractivity contribution >= 4 is 15.7 Å². The lowest BCUT2D eigenvalue weighted by Crippen LogP contribution is -2.42. The van der Waals surface area contributed by atoms with Crippen molar-refractivity contribution in [3.05, 3.63) is 48.3 Å². The number of nitrogens with zero attached hydrogens (tertiary/aromatic N) is 2. The van der Waals surface area contributed by atoms with Crippen LogP contribution >= 0.6 is 0 Å². The standard InChI is InChI=1S/C15H16N2O3S/c1-11-5-6-15-14(8-11)17(10-12(2)20-15)21(18,19)13-4-3-7-16-9-13/h3-9,12H,10H2,1-2H3. The molecule has 1 aliphatic rings. The Bertz CT molecular complexity index is 760. The molecule has 110 valence electrons. The fourth-order valence-electron chi connectivity index (χ4n) is 2.36. The Balaban J connectivity index is 2.13. The Hall–Kier alpha value is -2.08. The highest BCUT2D eigenvalue weighted by Crippen LogP contribution is 2.37. The van der Waals surface area contributed by atoms with Crippen LogP contribution in [-0.2, 0) is 10.0 Å². The molecule has 2 heterocycles. The number of sulfonamides is 1. The maximum atomic E-state index is 12.8. The smallest absolute Gasteiger partial charge is 0.266 e. The van der Waals surface area contributed by atoms with Crippen molar-refractivity contribution in [2.24, 2.45) is 0 Å². The molecule has 1 aromatic heterocycles. The van der Waals surface area contributed by atoms with Gasteiger partial charge in [-0.15, -0.1) is 0 Å². The molecular weight excluding hydrogens is 288 g/mol. The van der Waals surface area contributed by atoms with Crippen LogP contribution in [0.25, 0.3) is 0 Å².